The molecule has 0 aromatic heterocycles. The number of carbonyl (C=O) groups excluding carboxylic acids is 3. The number of piperidine rings is 1. The lowest BCUT2D eigenvalue weighted by Gasteiger charge is -2.42. The molecule has 5 nitrogen and oxygen atoms in total. The van der Waals surface area contributed by atoms with Crippen LogP contribution in [0.5, 0.6) is 0 Å². The SMILES string of the molecule is O=C1CC[NH+]([C@H]2CC(=O)N(c3ccc(Cl)cc3)C2=O)[C@@H]2CCCC[C@@H]12. The number of imide groups is 1. The molecule has 1 N–H and O–H groups in total. The van der Waals surface area contributed by atoms with Gasteiger partial charge in [0.05, 0.1) is 37.0 Å². The lowest BCUT2D eigenvalue weighted by atomic mass is 9.77. The van der Waals surface area contributed by atoms with Gasteiger partial charge in [0.15, 0.2) is 6.04 Å². The number of fused-ring (bicyclic) bond motifs is 1. The van der Waals surface area contributed by atoms with Crippen LogP contribution in [-0.2, 0) is 14.4 Å². The summed E-state index contributed by atoms with van der Waals surface area (Å²) >= 11 is 5.91. The van der Waals surface area contributed by atoms with Crippen molar-refractivity contribution in [1.82, 2.24) is 0 Å². The summed E-state index contributed by atoms with van der Waals surface area (Å²) in [5.41, 5.74) is 0.578. The Morgan fingerprint density at radius 3 is 2.52 bits per heavy atom. The number of likely N-dealkylation sites (tertiary alicyclic amines) is 1. The second-order valence-electron chi connectivity index (χ2n) is 7.34. The van der Waals surface area contributed by atoms with Gasteiger partial charge >= 0.3 is 0 Å². The van der Waals surface area contributed by atoms with Crippen LogP contribution < -0.4 is 9.80 Å². The summed E-state index contributed by atoms with van der Waals surface area (Å²) < 4.78 is 0. The molecule has 2 heterocycles. The third-order valence-corrected chi connectivity index (χ3v) is 6.25. The topological polar surface area (TPSA) is 58.9 Å². The summed E-state index contributed by atoms with van der Waals surface area (Å²) in [7, 11) is 0. The first-order valence-electron chi connectivity index (χ1n) is 9.07. The van der Waals surface area contributed by atoms with Crippen LogP contribution in [0.25, 0.3) is 0 Å². The van der Waals surface area contributed by atoms with Crippen LogP contribution in [0.2, 0.25) is 5.02 Å². The normalized spacial score (nSPS) is 32.8. The number of benzene rings is 1. The largest absolute Gasteiger partial charge is 0.321 e. The molecule has 0 spiro atoms. The van der Waals surface area contributed by atoms with Gasteiger partial charge in [-0.25, -0.2) is 4.90 Å². The molecule has 2 amide bonds. The second kappa shape index (κ2) is 6.54. The van der Waals surface area contributed by atoms with E-state index in [1.165, 1.54) is 4.90 Å². The molecule has 4 atom stereocenters. The van der Waals surface area contributed by atoms with E-state index in [0.29, 0.717) is 29.5 Å². The highest BCUT2D eigenvalue weighted by molar-refractivity contribution is 6.30. The van der Waals surface area contributed by atoms with Crippen molar-refractivity contribution in [1.29, 1.82) is 0 Å². The maximum atomic E-state index is 13.0. The monoisotopic (exact) mass is 361 g/mol. The lowest BCUT2D eigenvalue weighted by Crippen LogP contribution is -3.22. The van der Waals surface area contributed by atoms with Crippen LogP contribution in [0.1, 0.15) is 38.5 Å². The van der Waals surface area contributed by atoms with Crippen molar-refractivity contribution < 1.29 is 19.3 Å². The Morgan fingerprint density at radius 2 is 1.76 bits per heavy atom. The summed E-state index contributed by atoms with van der Waals surface area (Å²) in [6.45, 7) is 0.665. The molecule has 1 saturated carbocycles. The van der Waals surface area contributed by atoms with E-state index in [2.05, 4.69) is 0 Å². The van der Waals surface area contributed by atoms with Crippen molar-refractivity contribution in [2.75, 3.05) is 11.4 Å². The van der Waals surface area contributed by atoms with E-state index in [4.69, 9.17) is 11.6 Å². The third-order valence-electron chi connectivity index (χ3n) is 5.99. The molecule has 3 aliphatic rings. The van der Waals surface area contributed by atoms with E-state index < -0.39 is 0 Å². The Morgan fingerprint density at radius 1 is 1.04 bits per heavy atom. The number of hydrogen-bond donors (Lipinski definition) is 1. The molecule has 1 unspecified atom stereocenters. The number of hydrogen-bond acceptors (Lipinski definition) is 3. The molecule has 1 aromatic rings. The van der Waals surface area contributed by atoms with E-state index >= 15 is 0 Å². The van der Waals surface area contributed by atoms with E-state index in [0.717, 1.165) is 30.6 Å². The van der Waals surface area contributed by atoms with Crippen molar-refractivity contribution in [2.45, 2.75) is 50.6 Å². The van der Waals surface area contributed by atoms with Crippen LogP contribution in [0.15, 0.2) is 24.3 Å². The molecule has 1 aromatic carbocycles. The standard InChI is InChI=1S/C19H21ClN2O3/c20-12-5-7-13(8-6-12)22-18(24)11-16(19(22)25)21-10-9-17(23)14-3-1-2-4-15(14)21/h5-8,14-16H,1-4,9-11H2/p+1/t14-,15-,16+/m1/s1. The molecule has 2 aliphatic heterocycles. The molecular weight excluding hydrogens is 340 g/mol. The van der Waals surface area contributed by atoms with Crippen LogP contribution in [0.4, 0.5) is 5.69 Å². The first-order chi connectivity index (χ1) is 12.1. The van der Waals surface area contributed by atoms with Gasteiger partial charge in [-0.3, -0.25) is 14.4 Å². The number of Topliss-reactive ketones (excluding diaryl/α,β-unsaturated/α-hetero) is 1. The zero-order valence-electron chi connectivity index (χ0n) is 14.0. The van der Waals surface area contributed by atoms with Crippen molar-refractivity contribution in [2.24, 2.45) is 5.92 Å². The summed E-state index contributed by atoms with van der Waals surface area (Å²) in [6.07, 6.45) is 4.86. The molecule has 0 bridgehead atoms. The number of quaternary nitrogens is 1. The minimum atomic E-state index is -0.359. The lowest BCUT2D eigenvalue weighted by molar-refractivity contribution is -0.945. The van der Waals surface area contributed by atoms with Crippen molar-refractivity contribution in [3.63, 3.8) is 0 Å². The van der Waals surface area contributed by atoms with Gasteiger partial charge in [0.2, 0.25) is 5.91 Å². The zero-order chi connectivity index (χ0) is 17.6. The first-order valence-corrected chi connectivity index (χ1v) is 9.44. The van der Waals surface area contributed by atoms with Gasteiger partial charge in [0.25, 0.3) is 5.91 Å². The van der Waals surface area contributed by atoms with Crippen molar-refractivity contribution in [3.8, 4) is 0 Å². The molecule has 0 radical (unpaired) electrons. The van der Waals surface area contributed by atoms with Gasteiger partial charge in [-0.2, -0.15) is 0 Å². The highest BCUT2D eigenvalue weighted by Gasteiger charge is 2.52. The van der Waals surface area contributed by atoms with Gasteiger partial charge in [-0.15, -0.1) is 0 Å². The smallest absolute Gasteiger partial charge is 0.292 e. The van der Waals surface area contributed by atoms with Crippen LogP contribution >= 0.6 is 11.6 Å². The maximum absolute atomic E-state index is 13.0. The van der Waals surface area contributed by atoms with E-state index in [9.17, 15) is 14.4 Å². The molecule has 2 saturated heterocycles. The molecule has 3 fully saturated rings. The number of rotatable bonds is 2. The number of nitrogens with zero attached hydrogens (tertiary/aromatic N) is 1. The number of halogens is 1. The minimum absolute atomic E-state index is 0.0741. The van der Waals surface area contributed by atoms with E-state index in [-0.39, 0.29) is 36.2 Å². The molecule has 6 heteroatoms. The molecule has 1 aliphatic carbocycles. The number of carbonyl (C=O) groups is 3. The van der Waals surface area contributed by atoms with Crippen LogP contribution in [0.3, 0.4) is 0 Å². The number of nitrogens with one attached hydrogen (secondary N) is 1. The Bertz CT molecular complexity index is 718. The Balaban J connectivity index is 1.59. The fraction of sp³-hybridized carbons (Fsp3) is 0.526. The predicted molar refractivity (Wildman–Crippen MR) is 93.5 cm³/mol. The van der Waals surface area contributed by atoms with Gasteiger partial charge in [0.1, 0.15) is 5.78 Å². The van der Waals surface area contributed by atoms with Gasteiger partial charge in [0, 0.05) is 11.4 Å². The molecule has 4 rings (SSSR count). The van der Waals surface area contributed by atoms with Crippen LogP contribution in [-0.4, -0.2) is 36.2 Å². The Kier molecular flexibility index (Phi) is 4.38. The number of anilines is 1. The molecule has 25 heavy (non-hydrogen) atoms. The second-order valence-corrected chi connectivity index (χ2v) is 7.78. The summed E-state index contributed by atoms with van der Waals surface area (Å²) in [4.78, 5) is 40.3. The molecule has 132 valence electrons. The van der Waals surface area contributed by atoms with Gasteiger partial charge in [-0.1, -0.05) is 18.0 Å². The van der Waals surface area contributed by atoms with Crippen molar-refractivity contribution >= 4 is 34.9 Å². The summed E-state index contributed by atoms with van der Waals surface area (Å²) in [5, 5.41) is 0.574. The third kappa shape index (κ3) is 2.89. The van der Waals surface area contributed by atoms with E-state index in [1.54, 1.807) is 24.3 Å². The Hall–Kier alpha value is -1.72. The average molecular weight is 362 g/mol. The number of ketones is 1. The highest BCUT2D eigenvalue weighted by atomic mass is 35.5. The first kappa shape index (κ1) is 16.7. The maximum Gasteiger partial charge on any atom is 0.292 e. The fourth-order valence-electron chi connectivity index (χ4n) is 4.81. The quantitative estimate of drug-likeness (QED) is 0.810. The van der Waals surface area contributed by atoms with Crippen LogP contribution in [0, 0.1) is 5.92 Å². The highest BCUT2D eigenvalue weighted by Crippen LogP contribution is 2.29. The average Bonchev–Trinajstić information content (AvgIpc) is 2.91. The Labute approximate surface area is 151 Å². The van der Waals surface area contributed by atoms with Crippen molar-refractivity contribution in [3.05, 3.63) is 29.3 Å². The predicted octanol–water partition coefficient (Wildman–Crippen LogP) is 1.39. The fourth-order valence-corrected chi connectivity index (χ4v) is 4.94. The zero-order valence-corrected chi connectivity index (χ0v) is 14.8. The minimum Gasteiger partial charge on any atom is -0.321 e. The number of amides is 2. The summed E-state index contributed by atoms with van der Waals surface area (Å²) in [5.74, 6) is 0.125. The summed E-state index contributed by atoms with van der Waals surface area (Å²) in [6, 6.07) is 6.63. The van der Waals surface area contributed by atoms with E-state index in [1.807, 2.05) is 0 Å². The molecular formula is C19H22ClN2O3+. The van der Waals surface area contributed by atoms with Gasteiger partial charge < -0.3 is 4.90 Å². The van der Waals surface area contributed by atoms with Gasteiger partial charge in [-0.05, 0) is 37.1 Å².